The van der Waals surface area contributed by atoms with Crippen LogP contribution in [0.25, 0.3) is 0 Å². The lowest BCUT2D eigenvalue weighted by molar-refractivity contribution is -0.143. The van der Waals surface area contributed by atoms with Crippen molar-refractivity contribution >= 4 is 124 Å². The van der Waals surface area contributed by atoms with Gasteiger partial charge in [0.15, 0.2) is 5.96 Å². The van der Waals surface area contributed by atoms with E-state index >= 15 is 0 Å². The number of aromatic nitrogens is 4. The van der Waals surface area contributed by atoms with E-state index in [9.17, 15) is 132 Å². The summed E-state index contributed by atoms with van der Waals surface area (Å²) in [4.78, 5) is 277. The Labute approximate surface area is 645 Å². The Morgan fingerprint density at radius 1 is 0.456 bits per heavy atom. The maximum Gasteiger partial charge on any atom is 0.326 e. The van der Waals surface area contributed by atoms with Crippen LogP contribution in [0.15, 0.2) is 25.0 Å². The average Bonchev–Trinajstić information content (AvgIpc) is 1.62. The number of carbonyl (C=O) groups excluding carboxylic acids is 16. The predicted molar refractivity (Wildman–Crippen MR) is 381 cm³/mol. The number of rotatable bonds is 53. The van der Waals surface area contributed by atoms with Crippen LogP contribution in [-0.2, 0) is 109 Å². The van der Waals surface area contributed by atoms with Crippen LogP contribution in [-0.4, -0.2) is 302 Å². The van der Waals surface area contributed by atoms with Crippen molar-refractivity contribution < 1.29 is 132 Å². The number of imidazole rings is 2. The number of primary amides is 3. The largest absolute Gasteiger partial charge is 0.481 e. The molecule has 51 heteroatoms. The molecule has 14 atom stereocenters. The predicted octanol–water partition coefficient (Wildman–Crippen LogP) is -14.0. The van der Waals surface area contributed by atoms with E-state index in [0.717, 1.165) is 19.4 Å². The number of nitrogens with zero attached hydrogens (tertiary/aromatic N) is 3. The summed E-state index contributed by atoms with van der Waals surface area (Å²) in [5.41, 5.74) is 27.9. The number of carboxylic acid groups (broad SMARTS) is 4. The zero-order chi connectivity index (χ0) is 85.6. The molecule has 0 aliphatic carbocycles. The quantitative estimate of drug-likeness (QED) is 0.0166. The molecule has 33 N–H and O–H groups in total. The Hall–Kier alpha value is -13.1. The number of nitrogens with one attached hydrogen (secondary N) is 16. The van der Waals surface area contributed by atoms with Crippen LogP contribution in [0.4, 0.5) is 0 Å². The van der Waals surface area contributed by atoms with Gasteiger partial charge in [0.25, 0.3) is 0 Å². The third kappa shape index (κ3) is 33.6. The second kappa shape index (κ2) is 47.9. The van der Waals surface area contributed by atoms with E-state index in [-0.39, 0.29) is 38.0 Å². The van der Waals surface area contributed by atoms with Crippen molar-refractivity contribution in [2.45, 2.75) is 194 Å². The smallest absolute Gasteiger partial charge is 0.326 e. The summed E-state index contributed by atoms with van der Waals surface area (Å²) in [6.07, 6.45) is -4.07. The van der Waals surface area contributed by atoms with Gasteiger partial charge in [-0.3, -0.25) is 96.5 Å². The third-order valence-corrected chi connectivity index (χ3v) is 16.8. The molecule has 2 aromatic rings. The van der Waals surface area contributed by atoms with Crippen LogP contribution in [0.2, 0.25) is 0 Å². The highest BCUT2D eigenvalue weighted by Crippen LogP contribution is 2.20. The standard InChI is InChI=1S/C63H96N24O27/c1-27(49(100)84-39(22-88)58(109)80-35(62(113)114)7-11-44(66)92)75-54(105)37(18-45(67)93)82-59(110)40(23-89)85-55(106)36(17-29-21-71-26-74-29)81-50(101)31(4-2-14-72-63(68)69)76-56(107)38(19-48(98)99)83-53(104)34(9-13-47(96)97)78-52(103)33(8-12-46(94)95)77-51(102)32(6-10-43(65)91)79-57(108)41(24-90)86-60(111)42-5-3-15-87(42)61(112)30(64)16-28-20-70-25-73-28/h20-21,25-27,30-42,88-90H,2-19,22-24,64H2,1H3,(H2,65,91)(H2,66,92)(H2,67,93)(H,70,73)(H,71,74)(H,75,105)(H,76,107)(H,77,102)(H,78,103)(H,79,108)(H,80,109)(H,81,101)(H,82,110)(H,83,104)(H,84,100)(H,85,106)(H,86,111)(H,94,95)(H,96,97)(H,98,99)(H,113,114)(H4,68,69,72)/t27-,30-,31-,32-,33-,34-,35-,36-,37-,38-,39-,40-,41-,42-/m0/s1. The Morgan fingerprint density at radius 3 is 1.25 bits per heavy atom. The molecule has 0 spiro atoms. The molecule has 1 fully saturated rings. The zero-order valence-electron chi connectivity index (χ0n) is 61.3. The number of aliphatic hydroxyl groups excluding tert-OH is 3. The van der Waals surface area contributed by atoms with E-state index < -0.39 is 306 Å². The van der Waals surface area contributed by atoms with Crippen molar-refractivity contribution in [1.29, 1.82) is 5.41 Å². The van der Waals surface area contributed by atoms with Gasteiger partial charge in [-0.1, -0.05) is 0 Å². The van der Waals surface area contributed by atoms with Gasteiger partial charge in [0.05, 0.1) is 51.4 Å². The highest BCUT2D eigenvalue weighted by atomic mass is 16.4. The molecule has 0 radical (unpaired) electrons. The third-order valence-electron chi connectivity index (χ3n) is 16.8. The van der Waals surface area contributed by atoms with E-state index in [0.29, 0.717) is 12.1 Å². The van der Waals surface area contributed by atoms with Crippen LogP contribution in [0, 0.1) is 5.41 Å². The first-order valence-corrected chi connectivity index (χ1v) is 35.0. The summed E-state index contributed by atoms with van der Waals surface area (Å²) in [6, 6.07) is -25.8. The number of nitrogens with two attached hydrogens (primary N) is 5. The highest BCUT2D eigenvalue weighted by Gasteiger charge is 2.41. The van der Waals surface area contributed by atoms with Crippen molar-refractivity contribution in [3.8, 4) is 0 Å². The maximum absolute atomic E-state index is 14.5. The average molecular weight is 1620 g/mol. The van der Waals surface area contributed by atoms with Crippen molar-refractivity contribution in [2.75, 3.05) is 32.9 Å². The number of H-pyrrole nitrogens is 2. The summed E-state index contributed by atoms with van der Waals surface area (Å²) < 4.78 is 0. The minimum absolute atomic E-state index is 0.0152. The molecule has 0 aromatic carbocycles. The Kier molecular flexibility index (Phi) is 40.0. The van der Waals surface area contributed by atoms with Gasteiger partial charge in [-0.05, 0) is 58.3 Å². The van der Waals surface area contributed by atoms with Crippen molar-refractivity contribution in [2.24, 2.45) is 28.7 Å². The second-order valence-corrected chi connectivity index (χ2v) is 25.8. The summed E-state index contributed by atoms with van der Waals surface area (Å²) in [7, 11) is 0. The summed E-state index contributed by atoms with van der Waals surface area (Å²) in [5, 5.41) is 105. The first kappa shape index (κ1) is 95.1. The number of aliphatic carboxylic acids is 4. The molecule has 0 saturated carbocycles. The fourth-order valence-corrected chi connectivity index (χ4v) is 10.8. The van der Waals surface area contributed by atoms with Gasteiger partial charge in [-0.25, -0.2) is 14.8 Å². The Morgan fingerprint density at radius 2 is 0.825 bits per heavy atom. The molecular weight excluding hydrogens is 1520 g/mol. The number of hydrogen-bond acceptors (Lipinski definition) is 27. The van der Waals surface area contributed by atoms with Gasteiger partial charge in [-0.15, -0.1) is 0 Å². The van der Waals surface area contributed by atoms with Crippen LogP contribution in [0.3, 0.4) is 0 Å². The molecule has 3 rings (SSSR count). The van der Waals surface area contributed by atoms with Crippen LogP contribution in [0.5, 0.6) is 0 Å². The van der Waals surface area contributed by atoms with E-state index in [2.05, 4.69) is 73.1 Å². The van der Waals surface area contributed by atoms with Crippen molar-refractivity contribution in [1.82, 2.24) is 94.0 Å². The van der Waals surface area contributed by atoms with Gasteiger partial charge in [0.2, 0.25) is 94.5 Å². The summed E-state index contributed by atoms with van der Waals surface area (Å²) in [5.74, 6) is -27.0. The molecule has 1 aliphatic rings. The van der Waals surface area contributed by atoms with Crippen molar-refractivity contribution in [3.05, 3.63) is 36.4 Å². The number of guanidine groups is 1. The zero-order valence-corrected chi connectivity index (χ0v) is 61.3. The lowest BCUT2D eigenvalue weighted by Gasteiger charge is -2.29. The summed E-state index contributed by atoms with van der Waals surface area (Å²) in [6.45, 7) is -2.68. The molecule has 0 unspecified atom stereocenters. The van der Waals surface area contributed by atoms with Crippen LogP contribution in [0.1, 0.15) is 108 Å². The number of hydrogen-bond donors (Lipinski definition) is 28. The molecule has 630 valence electrons. The molecule has 51 nitrogen and oxygen atoms in total. The summed E-state index contributed by atoms with van der Waals surface area (Å²) >= 11 is 0. The topological polar surface area (TPSA) is 854 Å². The van der Waals surface area contributed by atoms with E-state index in [1.54, 1.807) is 0 Å². The SMILES string of the molecule is C[C@H](NC(=O)[C@H](CC(N)=O)NC(=O)[C@H](CO)NC(=O)[C@H](Cc1cnc[nH]1)NC(=O)[C@H](CCCNC(=N)N)NC(=O)[C@H](CC(=O)O)NC(=O)[C@H](CCC(=O)O)NC(=O)[C@H](CCC(=O)O)NC(=O)[C@H](CCC(N)=O)NC(=O)[C@H](CO)NC(=O)[C@@H]1CCCN1C(=O)[C@@H](N)Cc1cnc[nH]1)C(=O)N[C@@H](CO)C(=O)N[C@@H](CCC(N)=O)C(=O)O. The monoisotopic (exact) mass is 1620 g/mol. The first-order chi connectivity index (χ1) is 53.7. The Bertz CT molecular complexity index is 3770. The number of carbonyl (C=O) groups is 20. The first-order valence-electron chi connectivity index (χ1n) is 35.0. The van der Waals surface area contributed by atoms with Crippen LogP contribution >= 0.6 is 0 Å². The normalized spacial score (nSPS) is 15.7. The minimum atomic E-state index is -2.29. The highest BCUT2D eigenvalue weighted by molar-refractivity contribution is 6.01. The van der Waals surface area contributed by atoms with Crippen LogP contribution < -0.4 is 97.8 Å². The van der Waals surface area contributed by atoms with Gasteiger partial charge >= 0.3 is 23.9 Å². The minimum Gasteiger partial charge on any atom is -0.481 e. The number of amides is 16. The number of aromatic amines is 2. The number of likely N-dealkylation sites (tertiary alicyclic amines) is 1. The lowest BCUT2D eigenvalue weighted by atomic mass is 10.0. The lowest BCUT2D eigenvalue weighted by Crippen LogP contribution is -2.61. The van der Waals surface area contributed by atoms with E-state index in [4.69, 9.17) is 34.1 Å². The van der Waals surface area contributed by atoms with Crippen molar-refractivity contribution in [3.63, 3.8) is 0 Å². The van der Waals surface area contributed by atoms with E-state index in [1.165, 1.54) is 17.4 Å². The molecule has 3 heterocycles. The number of carboxylic acids is 4. The maximum atomic E-state index is 14.5. The molecule has 1 saturated heterocycles. The van der Waals surface area contributed by atoms with Gasteiger partial charge in [-0.2, -0.15) is 0 Å². The molecule has 2 aromatic heterocycles. The Balaban J connectivity index is 1.91. The molecular formula is C63H96N24O27. The fraction of sp³-hybridized carbons (Fsp3) is 0.571. The fourth-order valence-electron chi connectivity index (χ4n) is 10.8. The molecule has 0 bridgehead atoms. The number of aliphatic hydroxyl groups is 3. The van der Waals surface area contributed by atoms with E-state index in [1.807, 2.05) is 16.0 Å². The molecule has 1 aliphatic heterocycles. The van der Waals surface area contributed by atoms with Gasteiger partial charge < -0.3 is 148 Å². The van der Waals surface area contributed by atoms with Gasteiger partial charge in [0, 0.05) is 75.4 Å². The van der Waals surface area contributed by atoms with Gasteiger partial charge in [0.1, 0.15) is 78.5 Å². The second-order valence-electron chi connectivity index (χ2n) is 25.8. The molecule has 16 amide bonds. The molecule has 114 heavy (non-hydrogen) atoms.